The number of hydrogen-bond acceptors (Lipinski definition) is 5. The molecule has 0 aliphatic carbocycles. The third-order valence-electron chi connectivity index (χ3n) is 5.51. The molecule has 2 unspecified atom stereocenters. The van der Waals surface area contributed by atoms with Crippen LogP contribution in [0, 0.1) is 5.92 Å². The van der Waals surface area contributed by atoms with Crippen molar-refractivity contribution in [3.8, 4) is 0 Å². The summed E-state index contributed by atoms with van der Waals surface area (Å²) in [7, 11) is -3.37. The van der Waals surface area contributed by atoms with Gasteiger partial charge in [-0.2, -0.15) is 0 Å². The molecule has 8 heteroatoms. The molecule has 2 aromatic carbocycles. The van der Waals surface area contributed by atoms with E-state index in [1.807, 2.05) is 38.1 Å². The number of furan rings is 1. The molecular weight excluding hydrogens is 414 g/mol. The molecule has 4 rings (SSSR count). The standard InChI is InChI=1S/C23H25N3O4S/c1-4-14(2)20(22-24-17-10-6-7-11-18(17)25-22)26-23(27)21-16(13-31(3,28)29)15-9-5-8-12-19(15)30-21/h5-12,14,20H,4,13H2,1-3H3,(H,24,25)(H,26,27). The first kappa shape index (κ1) is 21.1. The molecule has 0 radical (unpaired) electrons. The van der Waals surface area contributed by atoms with E-state index in [0.717, 1.165) is 23.7 Å². The summed E-state index contributed by atoms with van der Waals surface area (Å²) in [4.78, 5) is 21.3. The Morgan fingerprint density at radius 1 is 1.16 bits per heavy atom. The van der Waals surface area contributed by atoms with E-state index in [2.05, 4.69) is 15.3 Å². The van der Waals surface area contributed by atoms with Crippen molar-refractivity contribution in [2.45, 2.75) is 32.1 Å². The average molecular weight is 440 g/mol. The maximum Gasteiger partial charge on any atom is 0.287 e. The first-order chi connectivity index (χ1) is 14.8. The van der Waals surface area contributed by atoms with Crippen LogP contribution in [0.1, 0.15) is 48.3 Å². The molecule has 162 valence electrons. The molecule has 0 aliphatic heterocycles. The number of H-pyrrole nitrogens is 1. The van der Waals surface area contributed by atoms with E-state index in [1.165, 1.54) is 0 Å². The van der Waals surface area contributed by atoms with Crippen molar-refractivity contribution in [3.63, 3.8) is 0 Å². The summed E-state index contributed by atoms with van der Waals surface area (Å²) in [6, 6.07) is 14.4. The number of fused-ring (bicyclic) bond motifs is 2. The van der Waals surface area contributed by atoms with Gasteiger partial charge in [-0.1, -0.05) is 50.6 Å². The molecule has 4 aromatic rings. The maximum absolute atomic E-state index is 13.3. The lowest BCUT2D eigenvalue weighted by Gasteiger charge is -2.22. The molecular formula is C23H25N3O4S. The number of benzene rings is 2. The average Bonchev–Trinajstić information content (AvgIpc) is 3.32. The van der Waals surface area contributed by atoms with Gasteiger partial charge in [-0.15, -0.1) is 0 Å². The van der Waals surface area contributed by atoms with E-state index < -0.39 is 15.7 Å². The van der Waals surface area contributed by atoms with Gasteiger partial charge >= 0.3 is 0 Å². The van der Waals surface area contributed by atoms with Crippen molar-refractivity contribution in [3.05, 3.63) is 65.7 Å². The number of aromatic amines is 1. The predicted molar refractivity (Wildman–Crippen MR) is 121 cm³/mol. The molecule has 2 N–H and O–H groups in total. The largest absolute Gasteiger partial charge is 0.451 e. The normalized spacial score (nSPS) is 14.0. The molecule has 0 bridgehead atoms. The first-order valence-electron chi connectivity index (χ1n) is 10.2. The summed E-state index contributed by atoms with van der Waals surface area (Å²) in [5, 5.41) is 3.65. The maximum atomic E-state index is 13.3. The second-order valence-electron chi connectivity index (χ2n) is 7.95. The Balaban J connectivity index is 1.74. The van der Waals surface area contributed by atoms with Crippen LogP contribution in [-0.4, -0.2) is 30.5 Å². The zero-order chi connectivity index (χ0) is 22.2. The van der Waals surface area contributed by atoms with Crippen LogP contribution in [-0.2, 0) is 15.6 Å². The highest BCUT2D eigenvalue weighted by Gasteiger charge is 2.28. The van der Waals surface area contributed by atoms with Gasteiger partial charge in [-0.25, -0.2) is 13.4 Å². The number of nitrogens with one attached hydrogen (secondary N) is 2. The highest BCUT2D eigenvalue weighted by Crippen LogP contribution is 2.30. The van der Waals surface area contributed by atoms with Gasteiger partial charge in [0.2, 0.25) is 0 Å². The molecule has 0 saturated carbocycles. The van der Waals surface area contributed by atoms with E-state index in [9.17, 15) is 13.2 Å². The van der Waals surface area contributed by atoms with Gasteiger partial charge in [0.05, 0.1) is 22.8 Å². The highest BCUT2D eigenvalue weighted by atomic mass is 32.2. The van der Waals surface area contributed by atoms with Crippen LogP contribution in [0.2, 0.25) is 0 Å². The summed E-state index contributed by atoms with van der Waals surface area (Å²) < 4.78 is 29.9. The van der Waals surface area contributed by atoms with Gasteiger partial charge in [0.1, 0.15) is 11.4 Å². The number of hydrogen-bond donors (Lipinski definition) is 2. The van der Waals surface area contributed by atoms with E-state index in [-0.39, 0.29) is 23.5 Å². The van der Waals surface area contributed by atoms with E-state index in [4.69, 9.17) is 4.42 Å². The quantitative estimate of drug-likeness (QED) is 0.445. The van der Waals surface area contributed by atoms with Gasteiger partial charge in [0, 0.05) is 17.2 Å². The van der Waals surface area contributed by atoms with Gasteiger partial charge in [0.15, 0.2) is 15.6 Å². The number of rotatable bonds is 7. The third-order valence-corrected chi connectivity index (χ3v) is 6.33. The zero-order valence-corrected chi connectivity index (χ0v) is 18.5. The van der Waals surface area contributed by atoms with E-state index in [0.29, 0.717) is 22.4 Å². The van der Waals surface area contributed by atoms with E-state index in [1.54, 1.807) is 24.3 Å². The molecule has 7 nitrogen and oxygen atoms in total. The third kappa shape index (κ3) is 4.34. The summed E-state index contributed by atoms with van der Waals surface area (Å²) in [6.45, 7) is 4.08. The van der Waals surface area contributed by atoms with Crippen molar-refractivity contribution >= 4 is 37.7 Å². The minimum atomic E-state index is -3.37. The van der Waals surface area contributed by atoms with Crippen molar-refractivity contribution in [1.82, 2.24) is 15.3 Å². The number of aromatic nitrogens is 2. The fourth-order valence-electron chi connectivity index (χ4n) is 3.73. The van der Waals surface area contributed by atoms with Crippen LogP contribution in [0.15, 0.2) is 52.9 Å². The molecule has 2 heterocycles. The Morgan fingerprint density at radius 2 is 1.87 bits per heavy atom. The summed E-state index contributed by atoms with van der Waals surface area (Å²) in [6.07, 6.45) is 1.96. The molecule has 0 fully saturated rings. The topological polar surface area (TPSA) is 105 Å². The molecule has 0 saturated heterocycles. The van der Waals surface area contributed by atoms with Gasteiger partial charge in [-0.3, -0.25) is 4.79 Å². The second-order valence-corrected chi connectivity index (χ2v) is 10.1. The number of sulfone groups is 1. The molecule has 0 aliphatic rings. The van der Waals surface area contributed by atoms with Crippen LogP contribution in [0.3, 0.4) is 0 Å². The van der Waals surface area contributed by atoms with Gasteiger partial charge in [0.25, 0.3) is 5.91 Å². The lowest BCUT2D eigenvalue weighted by atomic mass is 9.98. The Hall–Kier alpha value is -3.13. The second kappa shape index (κ2) is 8.19. The molecule has 31 heavy (non-hydrogen) atoms. The Morgan fingerprint density at radius 3 is 2.58 bits per heavy atom. The van der Waals surface area contributed by atoms with E-state index >= 15 is 0 Å². The molecule has 2 atom stereocenters. The number of para-hydroxylation sites is 3. The van der Waals surface area contributed by atoms with Crippen LogP contribution >= 0.6 is 0 Å². The summed E-state index contributed by atoms with van der Waals surface area (Å²) >= 11 is 0. The minimum Gasteiger partial charge on any atom is -0.451 e. The zero-order valence-electron chi connectivity index (χ0n) is 17.7. The number of imidazole rings is 1. The monoisotopic (exact) mass is 439 g/mol. The lowest BCUT2D eigenvalue weighted by molar-refractivity contribution is 0.0893. The Labute approximate surface area is 180 Å². The van der Waals surface area contributed by atoms with Crippen molar-refractivity contribution in [2.75, 3.05) is 6.26 Å². The fourth-order valence-corrected chi connectivity index (χ4v) is 4.54. The van der Waals surface area contributed by atoms with Crippen LogP contribution < -0.4 is 5.32 Å². The van der Waals surface area contributed by atoms with Crippen LogP contribution in [0.25, 0.3) is 22.0 Å². The van der Waals surface area contributed by atoms with Crippen LogP contribution in [0.4, 0.5) is 0 Å². The predicted octanol–water partition coefficient (Wildman–Crippen LogP) is 4.37. The summed E-state index contributed by atoms with van der Waals surface area (Å²) in [5.41, 5.74) is 2.57. The van der Waals surface area contributed by atoms with Gasteiger partial charge in [-0.05, 0) is 24.1 Å². The lowest BCUT2D eigenvalue weighted by Crippen LogP contribution is -2.33. The number of nitrogens with zero attached hydrogens (tertiary/aromatic N) is 1. The molecule has 2 aromatic heterocycles. The fraction of sp³-hybridized carbons (Fsp3) is 0.304. The number of amides is 1. The molecule has 0 spiro atoms. The van der Waals surface area contributed by atoms with Gasteiger partial charge < -0.3 is 14.7 Å². The Kier molecular flexibility index (Phi) is 5.58. The Bertz CT molecular complexity index is 1320. The minimum absolute atomic E-state index is 0.0241. The highest BCUT2D eigenvalue weighted by molar-refractivity contribution is 7.89. The number of carbonyl (C=O) groups is 1. The first-order valence-corrected chi connectivity index (χ1v) is 12.3. The SMILES string of the molecule is CCC(C)C(NC(=O)c1oc2ccccc2c1CS(C)(=O)=O)c1nc2ccccc2[nH]1. The van der Waals surface area contributed by atoms with Crippen molar-refractivity contribution in [1.29, 1.82) is 0 Å². The summed E-state index contributed by atoms with van der Waals surface area (Å²) in [5.74, 6) is 0.0411. The van der Waals surface area contributed by atoms with Crippen molar-refractivity contribution < 1.29 is 17.6 Å². The van der Waals surface area contributed by atoms with Crippen LogP contribution in [0.5, 0.6) is 0 Å². The van der Waals surface area contributed by atoms with Crippen molar-refractivity contribution in [2.24, 2.45) is 5.92 Å². The number of carbonyl (C=O) groups excluding carboxylic acids is 1. The molecule has 1 amide bonds. The smallest absolute Gasteiger partial charge is 0.287 e.